The van der Waals surface area contributed by atoms with Crippen LogP contribution in [0.4, 0.5) is 4.39 Å². The minimum Gasteiger partial charge on any atom is -0.496 e. The zero-order chi connectivity index (χ0) is 12.6. The Morgan fingerprint density at radius 3 is 2.59 bits per heavy atom. The molecule has 1 saturated carbocycles. The van der Waals surface area contributed by atoms with Crippen LogP contribution in [-0.4, -0.2) is 18.2 Å². The third-order valence-corrected chi connectivity index (χ3v) is 3.98. The molecule has 1 aromatic rings. The number of halogens is 2. The molecule has 1 fully saturated rings. The Morgan fingerprint density at radius 1 is 1.53 bits per heavy atom. The van der Waals surface area contributed by atoms with Gasteiger partial charge in [0.2, 0.25) is 0 Å². The van der Waals surface area contributed by atoms with Crippen LogP contribution in [-0.2, 0) is 10.2 Å². The maximum Gasteiger partial charge on any atom is 0.314 e. The lowest BCUT2D eigenvalue weighted by atomic mass is 9.64. The van der Waals surface area contributed by atoms with Gasteiger partial charge in [-0.1, -0.05) is 6.42 Å². The second-order valence-electron chi connectivity index (χ2n) is 4.18. The SMILES string of the molecule is COc1ccc(Br)c(F)c1C1(C(=O)O)CCC1. The van der Waals surface area contributed by atoms with Gasteiger partial charge in [-0.3, -0.25) is 4.79 Å². The molecule has 2 rings (SSSR count). The predicted octanol–water partition coefficient (Wildman–Crippen LogP) is 3.10. The molecule has 0 bridgehead atoms. The van der Waals surface area contributed by atoms with Crippen LogP contribution in [0, 0.1) is 5.82 Å². The van der Waals surface area contributed by atoms with Gasteiger partial charge in [-0.2, -0.15) is 0 Å². The summed E-state index contributed by atoms with van der Waals surface area (Å²) in [7, 11) is 1.42. The van der Waals surface area contributed by atoms with Gasteiger partial charge in [-0.05, 0) is 40.9 Å². The summed E-state index contributed by atoms with van der Waals surface area (Å²) >= 11 is 3.08. The first-order valence-corrected chi connectivity index (χ1v) is 6.08. The van der Waals surface area contributed by atoms with Crippen LogP contribution in [0.25, 0.3) is 0 Å². The molecule has 1 aliphatic rings. The van der Waals surface area contributed by atoms with Gasteiger partial charge >= 0.3 is 5.97 Å². The quantitative estimate of drug-likeness (QED) is 0.933. The first-order valence-electron chi connectivity index (χ1n) is 5.29. The number of ether oxygens (including phenoxy) is 1. The van der Waals surface area contributed by atoms with E-state index in [0.717, 1.165) is 6.42 Å². The highest BCUT2D eigenvalue weighted by atomic mass is 79.9. The van der Waals surface area contributed by atoms with Crippen molar-refractivity contribution < 1.29 is 19.0 Å². The zero-order valence-corrected chi connectivity index (χ0v) is 10.9. The third-order valence-electron chi connectivity index (χ3n) is 3.37. The number of hydrogen-bond donors (Lipinski definition) is 1. The Balaban J connectivity index is 2.64. The van der Waals surface area contributed by atoms with E-state index in [1.54, 1.807) is 6.07 Å². The number of rotatable bonds is 3. The van der Waals surface area contributed by atoms with E-state index >= 15 is 0 Å². The summed E-state index contributed by atoms with van der Waals surface area (Å²) in [6.45, 7) is 0. The summed E-state index contributed by atoms with van der Waals surface area (Å²) in [4.78, 5) is 11.4. The van der Waals surface area contributed by atoms with E-state index in [2.05, 4.69) is 15.9 Å². The fourth-order valence-electron chi connectivity index (χ4n) is 2.25. The molecule has 0 amide bonds. The smallest absolute Gasteiger partial charge is 0.314 e. The van der Waals surface area contributed by atoms with Crippen molar-refractivity contribution in [2.24, 2.45) is 0 Å². The Kier molecular flexibility index (Phi) is 3.12. The molecule has 17 heavy (non-hydrogen) atoms. The lowest BCUT2D eigenvalue weighted by Gasteiger charge is -2.39. The van der Waals surface area contributed by atoms with Crippen molar-refractivity contribution in [1.29, 1.82) is 0 Å². The highest BCUT2D eigenvalue weighted by molar-refractivity contribution is 9.10. The van der Waals surface area contributed by atoms with Gasteiger partial charge in [-0.15, -0.1) is 0 Å². The van der Waals surface area contributed by atoms with E-state index in [4.69, 9.17) is 4.74 Å². The highest BCUT2D eigenvalue weighted by Crippen LogP contribution is 2.49. The van der Waals surface area contributed by atoms with Crippen LogP contribution in [0.3, 0.4) is 0 Å². The average Bonchev–Trinajstić information content (AvgIpc) is 2.22. The maximum atomic E-state index is 14.1. The van der Waals surface area contributed by atoms with E-state index < -0.39 is 17.2 Å². The van der Waals surface area contributed by atoms with Crippen molar-refractivity contribution in [2.75, 3.05) is 7.11 Å². The van der Waals surface area contributed by atoms with Gasteiger partial charge in [0.15, 0.2) is 0 Å². The van der Waals surface area contributed by atoms with Gasteiger partial charge in [0.1, 0.15) is 11.6 Å². The third kappa shape index (κ3) is 1.73. The fourth-order valence-corrected chi connectivity index (χ4v) is 2.58. The van der Waals surface area contributed by atoms with Gasteiger partial charge in [0.05, 0.1) is 17.0 Å². The second kappa shape index (κ2) is 4.29. The lowest BCUT2D eigenvalue weighted by Crippen LogP contribution is -2.43. The largest absolute Gasteiger partial charge is 0.496 e. The lowest BCUT2D eigenvalue weighted by molar-refractivity contribution is -0.147. The standard InChI is InChI=1S/C12H12BrFO3/c1-17-8-4-3-7(13)10(14)9(8)12(11(15)16)5-2-6-12/h3-4H,2,5-6H2,1H3,(H,15,16). The van der Waals surface area contributed by atoms with Crippen molar-refractivity contribution in [3.8, 4) is 5.75 Å². The van der Waals surface area contributed by atoms with Crippen molar-refractivity contribution in [3.05, 3.63) is 28.0 Å². The Labute approximate surface area is 107 Å². The number of carboxylic acid groups (broad SMARTS) is 1. The van der Waals surface area contributed by atoms with Crippen molar-refractivity contribution in [2.45, 2.75) is 24.7 Å². The molecular weight excluding hydrogens is 291 g/mol. The van der Waals surface area contributed by atoms with E-state index in [9.17, 15) is 14.3 Å². The van der Waals surface area contributed by atoms with Gasteiger partial charge in [0.25, 0.3) is 0 Å². The van der Waals surface area contributed by atoms with Crippen molar-refractivity contribution in [3.63, 3.8) is 0 Å². The Morgan fingerprint density at radius 2 is 2.18 bits per heavy atom. The number of methoxy groups -OCH3 is 1. The minimum atomic E-state index is -1.13. The van der Waals surface area contributed by atoms with Crippen LogP contribution in [0.1, 0.15) is 24.8 Å². The van der Waals surface area contributed by atoms with Crippen molar-refractivity contribution in [1.82, 2.24) is 0 Å². The monoisotopic (exact) mass is 302 g/mol. The molecule has 1 aromatic carbocycles. The number of aliphatic carboxylic acids is 1. The summed E-state index contributed by atoms with van der Waals surface area (Å²) in [5, 5.41) is 9.33. The highest BCUT2D eigenvalue weighted by Gasteiger charge is 2.49. The topological polar surface area (TPSA) is 46.5 Å². The molecule has 0 aromatic heterocycles. The van der Waals surface area contributed by atoms with E-state index in [-0.39, 0.29) is 10.0 Å². The van der Waals surface area contributed by atoms with E-state index in [0.29, 0.717) is 18.6 Å². The molecule has 0 unspecified atom stereocenters. The molecular formula is C12H12BrFO3. The average molecular weight is 303 g/mol. The molecule has 1 aliphatic carbocycles. The number of hydrogen-bond acceptors (Lipinski definition) is 2. The summed E-state index contributed by atoms with van der Waals surface area (Å²) < 4.78 is 19.5. The molecule has 0 saturated heterocycles. The first kappa shape index (κ1) is 12.4. The molecule has 0 atom stereocenters. The van der Waals surface area contributed by atoms with Gasteiger partial charge in [0, 0.05) is 5.56 Å². The second-order valence-corrected chi connectivity index (χ2v) is 5.03. The Hall–Kier alpha value is -1.10. The van der Waals surface area contributed by atoms with Crippen molar-refractivity contribution >= 4 is 21.9 Å². The summed E-state index contributed by atoms with van der Waals surface area (Å²) in [6, 6.07) is 3.11. The molecule has 92 valence electrons. The molecule has 1 N–H and O–H groups in total. The summed E-state index contributed by atoms with van der Waals surface area (Å²) in [5.74, 6) is -1.22. The zero-order valence-electron chi connectivity index (χ0n) is 9.30. The van der Waals surface area contributed by atoms with E-state index in [1.807, 2.05) is 0 Å². The van der Waals surface area contributed by atoms with Crippen LogP contribution in [0.5, 0.6) is 5.75 Å². The normalized spacial score (nSPS) is 17.4. The van der Waals surface area contributed by atoms with Crippen LogP contribution in [0.2, 0.25) is 0 Å². The number of benzene rings is 1. The van der Waals surface area contributed by atoms with Crippen LogP contribution in [0.15, 0.2) is 16.6 Å². The molecule has 0 aliphatic heterocycles. The number of carboxylic acids is 1. The molecule has 0 spiro atoms. The minimum absolute atomic E-state index is 0.160. The molecule has 0 radical (unpaired) electrons. The van der Waals surface area contributed by atoms with Gasteiger partial charge < -0.3 is 9.84 Å². The molecule has 0 heterocycles. The fraction of sp³-hybridized carbons (Fsp3) is 0.417. The maximum absolute atomic E-state index is 14.1. The molecule has 3 nitrogen and oxygen atoms in total. The first-order chi connectivity index (χ1) is 8.03. The van der Waals surface area contributed by atoms with E-state index in [1.165, 1.54) is 13.2 Å². The summed E-state index contributed by atoms with van der Waals surface area (Å²) in [6.07, 6.45) is 1.69. The predicted molar refractivity (Wildman–Crippen MR) is 63.8 cm³/mol. The Bertz CT molecular complexity index is 469. The van der Waals surface area contributed by atoms with Gasteiger partial charge in [-0.25, -0.2) is 4.39 Å². The molecule has 5 heteroatoms. The van der Waals surface area contributed by atoms with Crippen LogP contribution < -0.4 is 4.74 Å². The van der Waals surface area contributed by atoms with Crippen LogP contribution >= 0.6 is 15.9 Å². The summed E-state index contributed by atoms with van der Waals surface area (Å²) in [5.41, 5.74) is -0.965. The number of carbonyl (C=O) groups is 1.